The number of fused-ring (bicyclic) bond motifs is 1. The molecule has 0 radical (unpaired) electrons. The molecule has 1 saturated heterocycles. The molecule has 1 fully saturated rings. The molecule has 1 amide bonds. The van der Waals surface area contributed by atoms with Crippen LogP contribution < -0.4 is 15.4 Å². The summed E-state index contributed by atoms with van der Waals surface area (Å²) in [7, 11) is 0. The van der Waals surface area contributed by atoms with Gasteiger partial charge in [0, 0.05) is 12.1 Å². The SMILES string of the molecule is CCC[C@H](C)Oc1nc(N)c2c(n1)N(CCCCN1CCCCCC1)C(=O)C2. The van der Waals surface area contributed by atoms with Crippen molar-refractivity contribution < 1.29 is 9.53 Å². The van der Waals surface area contributed by atoms with E-state index in [1.54, 1.807) is 4.90 Å². The summed E-state index contributed by atoms with van der Waals surface area (Å²) in [5.41, 5.74) is 6.84. The Bertz CT molecular complexity index is 658. The number of rotatable bonds is 9. The van der Waals surface area contributed by atoms with Crippen LogP contribution in [0, 0.1) is 0 Å². The molecule has 2 N–H and O–H groups in total. The number of aromatic nitrogens is 2. The van der Waals surface area contributed by atoms with E-state index >= 15 is 0 Å². The van der Waals surface area contributed by atoms with Crippen molar-refractivity contribution in [1.82, 2.24) is 14.9 Å². The molecular weight excluding hydrogens is 354 g/mol. The molecule has 28 heavy (non-hydrogen) atoms. The zero-order chi connectivity index (χ0) is 19.9. The van der Waals surface area contributed by atoms with Crippen LogP contribution in [0.15, 0.2) is 0 Å². The Balaban J connectivity index is 1.57. The molecule has 7 heteroatoms. The zero-order valence-electron chi connectivity index (χ0n) is 17.5. The Labute approximate surface area is 168 Å². The lowest BCUT2D eigenvalue weighted by atomic mass is 10.2. The first-order valence-electron chi connectivity index (χ1n) is 10.9. The van der Waals surface area contributed by atoms with Crippen LogP contribution in [0.3, 0.4) is 0 Å². The number of nitrogens with zero attached hydrogens (tertiary/aromatic N) is 4. The van der Waals surface area contributed by atoms with Crippen molar-refractivity contribution in [3.05, 3.63) is 5.56 Å². The minimum atomic E-state index is 0.0293. The van der Waals surface area contributed by atoms with Crippen molar-refractivity contribution in [2.75, 3.05) is 36.8 Å². The van der Waals surface area contributed by atoms with Gasteiger partial charge in [0.05, 0.1) is 12.5 Å². The molecule has 1 aromatic rings. The van der Waals surface area contributed by atoms with Gasteiger partial charge in [-0.1, -0.05) is 26.2 Å². The molecule has 0 aromatic carbocycles. The highest BCUT2D eigenvalue weighted by molar-refractivity contribution is 6.01. The summed E-state index contributed by atoms with van der Waals surface area (Å²) in [6.45, 7) is 8.34. The Morgan fingerprint density at radius 1 is 1.11 bits per heavy atom. The van der Waals surface area contributed by atoms with E-state index in [4.69, 9.17) is 10.5 Å². The summed E-state index contributed by atoms with van der Waals surface area (Å²) < 4.78 is 5.81. The van der Waals surface area contributed by atoms with Crippen LogP contribution in [0.1, 0.15) is 70.8 Å². The van der Waals surface area contributed by atoms with Gasteiger partial charge in [-0.3, -0.25) is 9.69 Å². The minimum absolute atomic E-state index is 0.0293. The van der Waals surface area contributed by atoms with Crippen molar-refractivity contribution in [3.8, 4) is 6.01 Å². The highest BCUT2D eigenvalue weighted by Gasteiger charge is 2.32. The number of amides is 1. The van der Waals surface area contributed by atoms with Gasteiger partial charge >= 0.3 is 6.01 Å². The molecule has 0 unspecified atom stereocenters. The van der Waals surface area contributed by atoms with Crippen LogP contribution >= 0.6 is 0 Å². The number of unbranched alkanes of at least 4 members (excludes halogenated alkanes) is 1. The summed E-state index contributed by atoms with van der Waals surface area (Å²) in [5.74, 6) is 1.07. The average Bonchev–Trinajstić information content (AvgIpc) is 2.83. The second kappa shape index (κ2) is 10.0. The Kier molecular flexibility index (Phi) is 7.48. The first-order valence-corrected chi connectivity index (χ1v) is 10.9. The van der Waals surface area contributed by atoms with Gasteiger partial charge in [-0.15, -0.1) is 0 Å². The first-order chi connectivity index (χ1) is 13.6. The standard InChI is InChI=1S/C21H35N5O2/c1-3-10-16(2)28-21-23-19(22)17-15-18(27)26(20(17)24-21)14-9-8-13-25-11-6-4-5-7-12-25/h16H,3-15H2,1-2H3,(H2,22,23,24)/t16-/m0/s1. The second-order valence-electron chi connectivity index (χ2n) is 8.10. The number of carbonyl (C=O) groups is 1. The molecule has 156 valence electrons. The molecule has 7 nitrogen and oxygen atoms in total. The van der Waals surface area contributed by atoms with E-state index in [-0.39, 0.29) is 24.4 Å². The quantitative estimate of drug-likeness (QED) is 0.653. The van der Waals surface area contributed by atoms with Gasteiger partial charge < -0.3 is 15.4 Å². The molecule has 0 saturated carbocycles. The van der Waals surface area contributed by atoms with Crippen molar-refractivity contribution >= 4 is 17.5 Å². The van der Waals surface area contributed by atoms with Crippen LogP contribution in [-0.4, -0.2) is 53.1 Å². The van der Waals surface area contributed by atoms with E-state index in [2.05, 4.69) is 21.8 Å². The second-order valence-corrected chi connectivity index (χ2v) is 8.10. The number of nitrogen functional groups attached to an aromatic ring is 1. The lowest BCUT2D eigenvalue weighted by molar-refractivity contribution is -0.117. The summed E-state index contributed by atoms with van der Waals surface area (Å²) in [5, 5.41) is 0. The third-order valence-corrected chi connectivity index (χ3v) is 5.69. The van der Waals surface area contributed by atoms with Gasteiger partial charge in [-0.2, -0.15) is 9.97 Å². The van der Waals surface area contributed by atoms with Crippen LogP contribution in [0.4, 0.5) is 11.6 Å². The maximum absolute atomic E-state index is 12.5. The number of likely N-dealkylation sites (tertiary alicyclic amines) is 1. The number of ether oxygens (including phenoxy) is 1. The maximum atomic E-state index is 12.5. The van der Waals surface area contributed by atoms with Crippen molar-refractivity contribution in [3.63, 3.8) is 0 Å². The monoisotopic (exact) mass is 389 g/mol. The normalized spacial score (nSPS) is 18.8. The van der Waals surface area contributed by atoms with Gasteiger partial charge in [0.25, 0.3) is 0 Å². The van der Waals surface area contributed by atoms with Gasteiger partial charge in [0.2, 0.25) is 5.91 Å². The topological polar surface area (TPSA) is 84.6 Å². The van der Waals surface area contributed by atoms with Crippen molar-refractivity contribution in [1.29, 1.82) is 0 Å². The van der Waals surface area contributed by atoms with E-state index in [0.717, 1.165) is 37.8 Å². The largest absolute Gasteiger partial charge is 0.460 e. The molecule has 0 bridgehead atoms. The Morgan fingerprint density at radius 3 is 2.54 bits per heavy atom. The number of hydrogen-bond acceptors (Lipinski definition) is 6. The van der Waals surface area contributed by atoms with E-state index < -0.39 is 0 Å². The van der Waals surface area contributed by atoms with E-state index in [1.807, 2.05) is 6.92 Å². The molecular formula is C21H35N5O2. The Morgan fingerprint density at radius 2 is 1.82 bits per heavy atom. The third-order valence-electron chi connectivity index (χ3n) is 5.69. The smallest absolute Gasteiger partial charge is 0.320 e. The summed E-state index contributed by atoms with van der Waals surface area (Å²) >= 11 is 0. The fraction of sp³-hybridized carbons (Fsp3) is 0.762. The molecule has 0 spiro atoms. The zero-order valence-corrected chi connectivity index (χ0v) is 17.5. The van der Waals surface area contributed by atoms with Gasteiger partial charge in [-0.25, -0.2) is 0 Å². The van der Waals surface area contributed by atoms with Crippen molar-refractivity contribution in [2.24, 2.45) is 0 Å². The number of anilines is 2. The number of nitrogens with two attached hydrogens (primary N) is 1. The number of carbonyl (C=O) groups excluding carboxylic acids is 1. The van der Waals surface area contributed by atoms with Gasteiger partial charge in [-0.05, 0) is 58.7 Å². The van der Waals surface area contributed by atoms with E-state index in [0.29, 0.717) is 18.2 Å². The highest BCUT2D eigenvalue weighted by Crippen LogP contribution is 2.32. The summed E-state index contributed by atoms with van der Waals surface area (Å²) in [4.78, 5) is 25.6. The van der Waals surface area contributed by atoms with Crippen LogP contribution in [-0.2, 0) is 11.2 Å². The number of hydrogen-bond donors (Lipinski definition) is 1. The minimum Gasteiger partial charge on any atom is -0.460 e. The highest BCUT2D eigenvalue weighted by atomic mass is 16.5. The molecule has 3 heterocycles. The predicted molar refractivity (Wildman–Crippen MR) is 112 cm³/mol. The summed E-state index contributed by atoms with van der Waals surface area (Å²) in [6.07, 6.45) is 9.68. The lowest BCUT2D eigenvalue weighted by Gasteiger charge is -2.21. The van der Waals surface area contributed by atoms with E-state index in [1.165, 1.54) is 38.8 Å². The van der Waals surface area contributed by atoms with Crippen molar-refractivity contribution in [2.45, 2.75) is 77.7 Å². The fourth-order valence-electron chi connectivity index (χ4n) is 4.12. The first kappa shape index (κ1) is 20.8. The third kappa shape index (κ3) is 5.34. The maximum Gasteiger partial charge on any atom is 0.320 e. The van der Waals surface area contributed by atoms with Crippen LogP contribution in [0.25, 0.3) is 0 Å². The van der Waals surface area contributed by atoms with E-state index in [9.17, 15) is 4.79 Å². The fourth-order valence-corrected chi connectivity index (χ4v) is 4.12. The van der Waals surface area contributed by atoms with Gasteiger partial charge in [0.15, 0.2) is 0 Å². The summed E-state index contributed by atoms with van der Waals surface area (Å²) in [6, 6.07) is 0.279. The molecule has 2 aliphatic rings. The molecule has 1 atom stereocenters. The average molecular weight is 390 g/mol. The van der Waals surface area contributed by atoms with Crippen LogP contribution in [0.5, 0.6) is 6.01 Å². The molecule has 1 aromatic heterocycles. The van der Waals surface area contributed by atoms with Crippen LogP contribution in [0.2, 0.25) is 0 Å². The lowest BCUT2D eigenvalue weighted by Crippen LogP contribution is -2.30. The molecule has 0 aliphatic carbocycles. The molecule has 3 rings (SSSR count). The Hall–Kier alpha value is -1.89. The molecule has 2 aliphatic heterocycles. The van der Waals surface area contributed by atoms with Gasteiger partial charge in [0.1, 0.15) is 11.6 Å². The predicted octanol–water partition coefficient (Wildman–Crippen LogP) is 3.17.